The Labute approximate surface area is 183 Å². The van der Waals surface area contributed by atoms with Gasteiger partial charge in [0.1, 0.15) is 30.0 Å². The predicted octanol–water partition coefficient (Wildman–Crippen LogP) is 0.678. The van der Waals surface area contributed by atoms with Gasteiger partial charge in [-0.3, -0.25) is 4.79 Å². The van der Waals surface area contributed by atoms with E-state index in [4.69, 9.17) is 14.2 Å². The Morgan fingerprint density at radius 3 is 2.53 bits per heavy atom. The van der Waals surface area contributed by atoms with Gasteiger partial charge in [0.05, 0.1) is 0 Å². The lowest BCUT2D eigenvalue weighted by molar-refractivity contribution is -0.155. The van der Waals surface area contributed by atoms with Crippen LogP contribution in [0.25, 0.3) is 0 Å². The Kier molecular flexibility index (Phi) is 6.91. The van der Waals surface area contributed by atoms with Crippen molar-refractivity contribution in [2.45, 2.75) is 83.7 Å². The minimum atomic E-state index is -2.59. The molecule has 2 heterocycles. The van der Waals surface area contributed by atoms with Gasteiger partial charge in [0.15, 0.2) is 11.9 Å². The SMILES string of the molecule is Cc1c[nH]c(=O)n([C@H]2O[C@@H](COC(=O)C(C)NC(=O)OC(C)(C)C)[C@](C)(O)[C@@]2(C)F)c1=O. The summed E-state index contributed by atoms with van der Waals surface area (Å²) >= 11 is 0. The van der Waals surface area contributed by atoms with Crippen molar-refractivity contribution in [3.05, 3.63) is 32.6 Å². The third-order valence-electron chi connectivity index (χ3n) is 5.26. The van der Waals surface area contributed by atoms with Crippen LogP contribution in [-0.4, -0.2) is 62.3 Å². The lowest BCUT2D eigenvalue weighted by atomic mass is 9.84. The van der Waals surface area contributed by atoms with E-state index in [2.05, 4.69) is 10.3 Å². The molecular formula is C20H30FN3O8. The number of H-pyrrole nitrogens is 1. The van der Waals surface area contributed by atoms with Crippen molar-refractivity contribution in [3.8, 4) is 0 Å². The second kappa shape index (κ2) is 8.66. The van der Waals surface area contributed by atoms with Crippen LogP contribution in [0.5, 0.6) is 0 Å². The molecule has 1 aromatic heterocycles. The molecule has 3 N–H and O–H groups in total. The fourth-order valence-corrected chi connectivity index (χ4v) is 3.11. The number of alkyl carbamates (subject to hydrolysis) is 1. The van der Waals surface area contributed by atoms with Crippen molar-refractivity contribution in [3.63, 3.8) is 0 Å². The smallest absolute Gasteiger partial charge is 0.408 e. The van der Waals surface area contributed by atoms with Crippen LogP contribution in [0.4, 0.5) is 9.18 Å². The van der Waals surface area contributed by atoms with Gasteiger partial charge < -0.3 is 29.6 Å². The number of amides is 1. The number of hydrogen-bond donors (Lipinski definition) is 3. The van der Waals surface area contributed by atoms with Gasteiger partial charge in [-0.2, -0.15) is 0 Å². The molecule has 1 saturated heterocycles. The quantitative estimate of drug-likeness (QED) is 0.544. The predicted molar refractivity (Wildman–Crippen MR) is 110 cm³/mol. The fourth-order valence-electron chi connectivity index (χ4n) is 3.11. The van der Waals surface area contributed by atoms with Crippen LogP contribution in [0, 0.1) is 6.92 Å². The van der Waals surface area contributed by atoms with Crippen LogP contribution in [0.3, 0.4) is 0 Å². The van der Waals surface area contributed by atoms with Crippen LogP contribution in [0.15, 0.2) is 15.8 Å². The number of ether oxygens (including phenoxy) is 3. The van der Waals surface area contributed by atoms with Crippen molar-refractivity contribution in [1.29, 1.82) is 0 Å². The number of aliphatic hydroxyl groups is 1. The standard InChI is InChI=1S/C20H30FN3O8/c1-10-8-22-16(27)24(13(10)25)15-19(6,21)20(7,29)12(31-15)9-30-14(26)11(2)23-17(28)32-18(3,4)5/h8,11-12,15,29H,9H2,1-7H3,(H,22,27)(H,23,28)/t11?,12-,15-,19-,20-/m0/s1. The Balaban J connectivity index is 2.14. The van der Waals surface area contributed by atoms with E-state index < -0.39 is 65.2 Å². The molecule has 0 saturated carbocycles. The second-order valence-electron chi connectivity index (χ2n) is 9.15. The van der Waals surface area contributed by atoms with Gasteiger partial charge >= 0.3 is 17.8 Å². The third-order valence-corrected chi connectivity index (χ3v) is 5.26. The van der Waals surface area contributed by atoms with Gasteiger partial charge in [0, 0.05) is 11.8 Å². The Morgan fingerprint density at radius 1 is 1.38 bits per heavy atom. The fraction of sp³-hybridized carbons (Fsp3) is 0.700. The molecule has 1 unspecified atom stereocenters. The molecule has 1 fully saturated rings. The highest BCUT2D eigenvalue weighted by Gasteiger charge is 2.64. The number of esters is 1. The summed E-state index contributed by atoms with van der Waals surface area (Å²) in [4.78, 5) is 50.9. The molecule has 1 aliphatic heterocycles. The van der Waals surface area contributed by atoms with E-state index in [0.29, 0.717) is 4.57 Å². The summed E-state index contributed by atoms with van der Waals surface area (Å²) in [7, 11) is 0. The van der Waals surface area contributed by atoms with Crippen molar-refractivity contribution >= 4 is 12.1 Å². The van der Waals surface area contributed by atoms with E-state index in [-0.39, 0.29) is 5.56 Å². The van der Waals surface area contributed by atoms with E-state index in [9.17, 15) is 24.3 Å². The number of halogens is 1. The molecule has 0 bridgehead atoms. The summed E-state index contributed by atoms with van der Waals surface area (Å²) in [5.74, 6) is -0.884. The van der Waals surface area contributed by atoms with Crippen molar-refractivity contribution < 1.29 is 33.3 Å². The van der Waals surface area contributed by atoms with E-state index in [1.807, 2.05) is 0 Å². The van der Waals surface area contributed by atoms with Gasteiger partial charge in [0.25, 0.3) is 5.56 Å². The van der Waals surface area contributed by atoms with E-state index in [1.165, 1.54) is 20.0 Å². The van der Waals surface area contributed by atoms with E-state index in [0.717, 1.165) is 13.8 Å². The highest BCUT2D eigenvalue weighted by Crippen LogP contribution is 2.47. The first kappa shape index (κ1) is 25.5. The first-order valence-electron chi connectivity index (χ1n) is 10.0. The van der Waals surface area contributed by atoms with Gasteiger partial charge in [-0.05, 0) is 48.5 Å². The maximum atomic E-state index is 15.6. The minimum absolute atomic E-state index is 0.139. The highest BCUT2D eigenvalue weighted by molar-refractivity contribution is 5.81. The number of carbonyl (C=O) groups is 2. The number of carbonyl (C=O) groups excluding carboxylic acids is 2. The molecular weight excluding hydrogens is 429 g/mol. The van der Waals surface area contributed by atoms with Gasteiger partial charge in [-0.25, -0.2) is 23.3 Å². The van der Waals surface area contributed by atoms with Crippen LogP contribution >= 0.6 is 0 Å². The number of nitrogens with one attached hydrogen (secondary N) is 2. The average Bonchev–Trinajstić information content (AvgIpc) is 2.80. The largest absolute Gasteiger partial charge is 0.461 e. The summed E-state index contributed by atoms with van der Waals surface area (Å²) in [5.41, 5.74) is -7.15. The van der Waals surface area contributed by atoms with Crippen LogP contribution < -0.4 is 16.6 Å². The molecule has 1 amide bonds. The lowest BCUT2D eigenvalue weighted by Crippen LogP contribution is -2.54. The molecule has 0 spiro atoms. The van der Waals surface area contributed by atoms with Gasteiger partial charge in [-0.15, -0.1) is 0 Å². The number of nitrogens with zero attached hydrogens (tertiary/aromatic N) is 1. The lowest BCUT2D eigenvalue weighted by Gasteiger charge is -2.32. The molecule has 180 valence electrons. The molecule has 11 nitrogen and oxygen atoms in total. The van der Waals surface area contributed by atoms with Crippen LogP contribution in [0.1, 0.15) is 53.3 Å². The number of aromatic amines is 1. The zero-order valence-corrected chi connectivity index (χ0v) is 19.1. The normalized spacial score (nSPS) is 28.8. The summed E-state index contributed by atoms with van der Waals surface area (Å²) in [6, 6.07) is -1.11. The highest BCUT2D eigenvalue weighted by atomic mass is 19.1. The molecule has 1 aromatic rings. The summed E-state index contributed by atoms with van der Waals surface area (Å²) in [5, 5.41) is 13.1. The van der Waals surface area contributed by atoms with Crippen LogP contribution in [0.2, 0.25) is 0 Å². The Hall–Kier alpha value is -2.73. The van der Waals surface area contributed by atoms with Crippen molar-refractivity contribution in [2.24, 2.45) is 0 Å². The zero-order valence-electron chi connectivity index (χ0n) is 19.1. The molecule has 0 aliphatic carbocycles. The maximum Gasteiger partial charge on any atom is 0.408 e. The minimum Gasteiger partial charge on any atom is -0.461 e. The summed E-state index contributed by atoms with van der Waals surface area (Å²) < 4.78 is 31.8. The van der Waals surface area contributed by atoms with Crippen molar-refractivity contribution in [2.75, 3.05) is 6.61 Å². The van der Waals surface area contributed by atoms with E-state index in [1.54, 1.807) is 20.8 Å². The number of aryl methyl sites for hydroxylation is 1. The number of rotatable bonds is 5. The summed E-state index contributed by atoms with van der Waals surface area (Å²) in [6.45, 7) is 9.26. The third kappa shape index (κ3) is 5.01. The zero-order chi connectivity index (χ0) is 24.6. The molecule has 12 heteroatoms. The first-order valence-corrected chi connectivity index (χ1v) is 10.0. The second-order valence-corrected chi connectivity index (χ2v) is 9.15. The maximum absolute atomic E-state index is 15.6. The first-order chi connectivity index (χ1) is 14.5. The monoisotopic (exact) mass is 459 g/mol. The molecule has 0 aromatic carbocycles. The Bertz CT molecular complexity index is 992. The Morgan fingerprint density at radius 2 is 1.97 bits per heavy atom. The topological polar surface area (TPSA) is 149 Å². The molecule has 32 heavy (non-hydrogen) atoms. The van der Waals surface area contributed by atoms with E-state index >= 15 is 4.39 Å². The molecule has 0 radical (unpaired) electrons. The van der Waals surface area contributed by atoms with Gasteiger partial charge in [0.2, 0.25) is 0 Å². The molecule has 2 rings (SSSR count). The average molecular weight is 459 g/mol. The van der Waals surface area contributed by atoms with Crippen LogP contribution in [-0.2, 0) is 19.0 Å². The van der Waals surface area contributed by atoms with Gasteiger partial charge in [-0.1, -0.05) is 0 Å². The molecule has 5 atom stereocenters. The van der Waals surface area contributed by atoms with Crippen molar-refractivity contribution in [1.82, 2.24) is 14.9 Å². The molecule has 1 aliphatic rings. The summed E-state index contributed by atoms with van der Waals surface area (Å²) in [6.07, 6.45) is -2.83. The number of aromatic nitrogens is 2. The number of hydrogen-bond acceptors (Lipinski definition) is 8. The number of alkyl halides is 1.